The number of benzene rings is 1. The molecule has 1 heterocycles. The fourth-order valence-corrected chi connectivity index (χ4v) is 3.08. The Morgan fingerprint density at radius 3 is 2.19 bits per heavy atom. The van der Waals surface area contributed by atoms with Gasteiger partial charge in [0.15, 0.2) is 0 Å². The number of hydrogen-bond donors (Lipinski definition) is 0. The van der Waals surface area contributed by atoms with Crippen LogP contribution in [0.2, 0.25) is 0 Å². The molecule has 21 heavy (non-hydrogen) atoms. The quantitative estimate of drug-likeness (QED) is 0.856. The first kappa shape index (κ1) is 16.0. The lowest BCUT2D eigenvalue weighted by Crippen LogP contribution is -2.54. The van der Waals surface area contributed by atoms with Gasteiger partial charge in [0, 0.05) is 0 Å². The highest BCUT2D eigenvalue weighted by Gasteiger charge is 2.35. The van der Waals surface area contributed by atoms with Crippen LogP contribution in [0.3, 0.4) is 0 Å². The van der Waals surface area contributed by atoms with Crippen LogP contribution in [0.15, 0.2) is 24.3 Å². The number of amides is 1. The van der Waals surface area contributed by atoms with Gasteiger partial charge < -0.3 is 9.64 Å². The summed E-state index contributed by atoms with van der Waals surface area (Å²) in [6.07, 6.45) is 0. The third-order valence-corrected chi connectivity index (χ3v) is 4.08. The number of ether oxygens (including phenoxy) is 1. The summed E-state index contributed by atoms with van der Waals surface area (Å²) >= 11 is 0. The van der Waals surface area contributed by atoms with Crippen molar-refractivity contribution in [3.63, 3.8) is 0 Å². The van der Waals surface area contributed by atoms with Crippen molar-refractivity contribution in [2.24, 2.45) is 5.92 Å². The predicted octanol–water partition coefficient (Wildman–Crippen LogP) is 3.20. The van der Waals surface area contributed by atoms with Crippen molar-refractivity contribution in [2.45, 2.75) is 45.7 Å². The van der Waals surface area contributed by atoms with Crippen LogP contribution in [0.1, 0.15) is 39.2 Å². The zero-order valence-corrected chi connectivity index (χ0v) is 13.2. The third kappa shape index (κ3) is 3.43. The van der Waals surface area contributed by atoms with Crippen molar-refractivity contribution in [3.8, 4) is 0 Å². The summed E-state index contributed by atoms with van der Waals surface area (Å²) < 4.78 is 18.6. The molecule has 3 unspecified atom stereocenters. The molecule has 1 amide bonds. The molecule has 0 saturated carbocycles. The number of carbonyl (C=O) groups excluding carboxylic acids is 1. The second-order valence-electron chi connectivity index (χ2n) is 6.25. The van der Waals surface area contributed by atoms with Gasteiger partial charge in [0.05, 0.1) is 31.2 Å². The van der Waals surface area contributed by atoms with Crippen molar-refractivity contribution >= 4 is 5.91 Å². The van der Waals surface area contributed by atoms with E-state index in [9.17, 15) is 9.18 Å². The average Bonchev–Trinajstić information content (AvgIpc) is 2.40. The minimum absolute atomic E-state index is 0.0722. The van der Waals surface area contributed by atoms with E-state index in [1.54, 1.807) is 12.1 Å². The Bertz CT molecular complexity index is 476. The average molecular weight is 293 g/mol. The first-order chi connectivity index (χ1) is 9.91. The molecule has 1 aliphatic rings. The Morgan fingerprint density at radius 1 is 1.19 bits per heavy atom. The number of hydrogen-bond acceptors (Lipinski definition) is 2. The second kappa shape index (κ2) is 6.56. The molecule has 116 valence electrons. The van der Waals surface area contributed by atoms with Gasteiger partial charge >= 0.3 is 0 Å². The molecular weight excluding hydrogens is 269 g/mol. The first-order valence-corrected chi connectivity index (χ1v) is 7.57. The Morgan fingerprint density at radius 2 is 1.71 bits per heavy atom. The summed E-state index contributed by atoms with van der Waals surface area (Å²) in [6.45, 7) is 9.23. The van der Waals surface area contributed by atoms with Crippen LogP contribution >= 0.6 is 0 Å². The maximum atomic E-state index is 13.1. The molecule has 2 rings (SSSR count). The maximum absolute atomic E-state index is 13.1. The normalized spacial score (nSPS) is 24.2. The molecule has 3 atom stereocenters. The molecular formula is C17H24FNO2. The van der Waals surface area contributed by atoms with Crippen LogP contribution in [0.4, 0.5) is 4.39 Å². The van der Waals surface area contributed by atoms with Crippen molar-refractivity contribution < 1.29 is 13.9 Å². The first-order valence-electron chi connectivity index (χ1n) is 7.57. The molecule has 4 heteroatoms. The van der Waals surface area contributed by atoms with Gasteiger partial charge in [-0.15, -0.1) is 0 Å². The van der Waals surface area contributed by atoms with Crippen LogP contribution in [0.25, 0.3) is 0 Å². The number of morpholine rings is 1. The Hall–Kier alpha value is -1.42. The topological polar surface area (TPSA) is 29.5 Å². The van der Waals surface area contributed by atoms with Crippen LogP contribution in [0, 0.1) is 11.7 Å². The monoisotopic (exact) mass is 293 g/mol. The molecule has 1 aromatic rings. The van der Waals surface area contributed by atoms with Crippen LogP contribution in [-0.2, 0) is 9.53 Å². The maximum Gasteiger partial charge on any atom is 0.231 e. The van der Waals surface area contributed by atoms with E-state index in [4.69, 9.17) is 4.74 Å². The zero-order valence-electron chi connectivity index (χ0n) is 13.2. The van der Waals surface area contributed by atoms with Gasteiger partial charge in [-0.3, -0.25) is 4.79 Å². The third-order valence-electron chi connectivity index (χ3n) is 4.08. The highest BCUT2D eigenvalue weighted by Crippen LogP contribution is 2.29. The molecule has 1 fully saturated rings. The molecule has 3 nitrogen and oxygen atoms in total. The second-order valence-corrected chi connectivity index (χ2v) is 6.25. The van der Waals surface area contributed by atoms with Crippen molar-refractivity contribution in [1.82, 2.24) is 4.90 Å². The summed E-state index contributed by atoms with van der Waals surface area (Å²) in [5, 5.41) is 0. The lowest BCUT2D eigenvalue weighted by atomic mass is 9.86. The van der Waals surface area contributed by atoms with E-state index in [2.05, 4.69) is 0 Å². The standard InChI is InChI=1S/C17H24FNO2/c1-11(2)16(14-5-7-15(18)8-6-14)17(20)19-12(3)9-21-10-13(19)4/h5-8,11-13,16H,9-10H2,1-4H3. The highest BCUT2D eigenvalue weighted by atomic mass is 19.1. The fraction of sp³-hybridized carbons (Fsp3) is 0.588. The van der Waals surface area contributed by atoms with Gasteiger partial charge in [0.2, 0.25) is 5.91 Å². The van der Waals surface area contributed by atoms with Gasteiger partial charge in [0.25, 0.3) is 0 Å². The van der Waals surface area contributed by atoms with E-state index in [0.29, 0.717) is 13.2 Å². The molecule has 0 bridgehead atoms. The molecule has 1 saturated heterocycles. The van der Waals surface area contributed by atoms with Gasteiger partial charge in [0.1, 0.15) is 5.82 Å². The smallest absolute Gasteiger partial charge is 0.231 e. The number of halogens is 1. The number of nitrogens with zero attached hydrogens (tertiary/aromatic N) is 1. The fourth-order valence-electron chi connectivity index (χ4n) is 3.08. The summed E-state index contributed by atoms with van der Waals surface area (Å²) in [5.41, 5.74) is 0.877. The van der Waals surface area contributed by atoms with Crippen LogP contribution in [-0.4, -0.2) is 36.1 Å². The molecule has 1 aliphatic heterocycles. The van der Waals surface area contributed by atoms with E-state index >= 15 is 0 Å². The lowest BCUT2D eigenvalue weighted by Gasteiger charge is -2.41. The van der Waals surface area contributed by atoms with E-state index < -0.39 is 0 Å². The molecule has 0 aliphatic carbocycles. The van der Waals surface area contributed by atoms with Gasteiger partial charge in [-0.25, -0.2) is 4.39 Å². The Labute approximate surface area is 126 Å². The summed E-state index contributed by atoms with van der Waals surface area (Å²) in [7, 11) is 0. The Balaban J connectivity index is 2.29. The summed E-state index contributed by atoms with van der Waals surface area (Å²) in [4.78, 5) is 15.0. The SMILES string of the molecule is CC(C)C(C(=O)N1C(C)COCC1C)c1ccc(F)cc1. The number of rotatable bonds is 3. The van der Waals surface area contributed by atoms with Crippen LogP contribution in [0.5, 0.6) is 0 Å². The van der Waals surface area contributed by atoms with E-state index in [0.717, 1.165) is 5.56 Å². The van der Waals surface area contributed by atoms with Gasteiger partial charge in [-0.2, -0.15) is 0 Å². The van der Waals surface area contributed by atoms with Gasteiger partial charge in [-0.05, 0) is 37.5 Å². The summed E-state index contributed by atoms with van der Waals surface area (Å²) in [5.74, 6) is -0.250. The van der Waals surface area contributed by atoms with Gasteiger partial charge in [-0.1, -0.05) is 26.0 Å². The minimum Gasteiger partial charge on any atom is -0.377 e. The molecule has 0 spiro atoms. The summed E-state index contributed by atoms with van der Waals surface area (Å²) in [6, 6.07) is 6.42. The van der Waals surface area contributed by atoms with Crippen molar-refractivity contribution in [2.75, 3.05) is 13.2 Å². The molecule has 1 aromatic carbocycles. The minimum atomic E-state index is -0.276. The zero-order chi connectivity index (χ0) is 15.6. The molecule has 0 N–H and O–H groups in total. The number of carbonyl (C=O) groups is 1. The predicted molar refractivity (Wildman–Crippen MR) is 80.6 cm³/mol. The molecule has 0 aromatic heterocycles. The van der Waals surface area contributed by atoms with Crippen molar-refractivity contribution in [1.29, 1.82) is 0 Å². The largest absolute Gasteiger partial charge is 0.377 e. The lowest BCUT2D eigenvalue weighted by molar-refractivity contribution is -0.146. The van der Waals surface area contributed by atoms with Crippen LogP contribution < -0.4 is 0 Å². The molecule has 0 radical (unpaired) electrons. The van der Waals surface area contributed by atoms with Crippen molar-refractivity contribution in [3.05, 3.63) is 35.6 Å². The van der Waals surface area contributed by atoms with E-state index in [1.165, 1.54) is 12.1 Å². The van der Waals surface area contributed by atoms with E-state index in [1.807, 2.05) is 32.6 Å². The Kier molecular flexibility index (Phi) is 4.99. The highest BCUT2D eigenvalue weighted by molar-refractivity contribution is 5.84. The van der Waals surface area contributed by atoms with E-state index in [-0.39, 0.29) is 35.6 Å².